The summed E-state index contributed by atoms with van der Waals surface area (Å²) in [6, 6.07) is 16.1. The molecule has 150 valence electrons. The van der Waals surface area contributed by atoms with Crippen LogP contribution in [0.25, 0.3) is 10.2 Å². The van der Waals surface area contributed by atoms with Gasteiger partial charge in [-0.25, -0.2) is 4.98 Å². The SMILES string of the molecule is O=C(CCC(=O)N1CCSc2ccccc21)NCCCc1nc2ccccc2s1. The van der Waals surface area contributed by atoms with Crippen molar-refractivity contribution in [1.29, 1.82) is 0 Å². The highest BCUT2D eigenvalue weighted by molar-refractivity contribution is 7.99. The molecule has 0 saturated carbocycles. The minimum absolute atomic E-state index is 0.0161. The van der Waals surface area contributed by atoms with Crippen LogP contribution in [0.2, 0.25) is 0 Å². The number of benzene rings is 2. The molecule has 5 nitrogen and oxygen atoms in total. The van der Waals surface area contributed by atoms with Crippen LogP contribution in [0.15, 0.2) is 53.4 Å². The van der Waals surface area contributed by atoms with Crippen LogP contribution in [0.1, 0.15) is 24.3 Å². The van der Waals surface area contributed by atoms with Crippen molar-refractivity contribution in [2.75, 3.05) is 23.7 Å². The van der Waals surface area contributed by atoms with Gasteiger partial charge in [0.15, 0.2) is 0 Å². The fraction of sp³-hybridized carbons (Fsp3) is 0.318. The quantitative estimate of drug-likeness (QED) is 0.575. The first-order valence-corrected chi connectivity index (χ1v) is 11.6. The second-order valence-corrected chi connectivity index (χ2v) is 9.14. The van der Waals surface area contributed by atoms with Crippen LogP contribution in [-0.4, -0.2) is 35.6 Å². The van der Waals surface area contributed by atoms with Gasteiger partial charge in [0.25, 0.3) is 0 Å². The molecule has 0 atom stereocenters. The number of carbonyl (C=O) groups is 2. The van der Waals surface area contributed by atoms with E-state index in [9.17, 15) is 9.59 Å². The number of aryl methyl sites for hydroxylation is 1. The van der Waals surface area contributed by atoms with Crippen molar-refractivity contribution in [1.82, 2.24) is 10.3 Å². The Hall–Kier alpha value is -2.38. The predicted molar refractivity (Wildman–Crippen MR) is 120 cm³/mol. The average molecular weight is 426 g/mol. The van der Waals surface area contributed by atoms with Gasteiger partial charge in [-0.2, -0.15) is 0 Å². The molecule has 2 amide bonds. The third-order valence-electron chi connectivity index (χ3n) is 4.82. The molecule has 0 unspecified atom stereocenters. The maximum absolute atomic E-state index is 12.6. The number of aromatic nitrogens is 1. The van der Waals surface area contributed by atoms with Crippen molar-refractivity contribution in [2.24, 2.45) is 0 Å². The van der Waals surface area contributed by atoms with Crippen molar-refractivity contribution in [3.05, 3.63) is 53.5 Å². The lowest BCUT2D eigenvalue weighted by Crippen LogP contribution is -2.36. The van der Waals surface area contributed by atoms with Gasteiger partial charge >= 0.3 is 0 Å². The molecule has 2 heterocycles. The second-order valence-electron chi connectivity index (χ2n) is 6.89. The van der Waals surface area contributed by atoms with Gasteiger partial charge in [0.05, 0.1) is 20.9 Å². The van der Waals surface area contributed by atoms with E-state index in [1.54, 1.807) is 23.1 Å². The number of nitrogens with one attached hydrogen (secondary N) is 1. The van der Waals surface area contributed by atoms with Crippen molar-refractivity contribution < 1.29 is 9.59 Å². The van der Waals surface area contributed by atoms with E-state index >= 15 is 0 Å². The fourth-order valence-corrected chi connectivity index (χ4v) is 5.37. The highest BCUT2D eigenvalue weighted by atomic mass is 32.2. The average Bonchev–Trinajstić information content (AvgIpc) is 3.17. The monoisotopic (exact) mass is 425 g/mol. The molecule has 0 bridgehead atoms. The third kappa shape index (κ3) is 4.97. The van der Waals surface area contributed by atoms with Crippen LogP contribution >= 0.6 is 23.1 Å². The van der Waals surface area contributed by atoms with E-state index in [0.717, 1.165) is 39.7 Å². The molecular weight excluding hydrogens is 402 g/mol. The van der Waals surface area contributed by atoms with Crippen molar-refractivity contribution >= 4 is 50.8 Å². The molecule has 1 N–H and O–H groups in total. The zero-order valence-electron chi connectivity index (χ0n) is 16.1. The summed E-state index contributed by atoms with van der Waals surface area (Å²) in [5, 5.41) is 4.02. The van der Waals surface area contributed by atoms with Crippen LogP contribution in [-0.2, 0) is 16.0 Å². The number of thioether (sulfide) groups is 1. The van der Waals surface area contributed by atoms with Crippen molar-refractivity contribution in [3.63, 3.8) is 0 Å². The van der Waals surface area contributed by atoms with Crippen molar-refractivity contribution in [3.8, 4) is 0 Å². The summed E-state index contributed by atoms with van der Waals surface area (Å²) in [6.45, 7) is 1.30. The number of rotatable bonds is 7. The summed E-state index contributed by atoms with van der Waals surface area (Å²) in [5.74, 6) is 0.838. The molecule has 4 rings (SSSR count). The van der Waals surface area contributed by atoms with Gasteiger partial charge in [0, 0.05) is 43.0 Å². The Morgan fingerprint density at radius 2 is 1.90 bits per heavy atom. The number of hydrogen-bond donors (Lipinski definition) is 1. The number of nitrogens with zero attached hydrogens (tertiary/aromatic N) is 2. The van der Waals surface area contributed by atoms with Crippen LogP contribution in [0.4, 0.5) is 5.69 Å². The lowest BCUT2D eigenvalue weighted by molar-refractivity contribution is -0.125. The Kier molecular flexibility index (Phi) is 6.46. The Bertz CT molecular complexity index is 985. The summed E-state index contributed by atoms with van der Waals surface area (Å²) in [6.07, 6.45) is 2.16. The Balaban J connectivity index is 1.19. The van der Waals surface area contributed by atoms with E-state index in [0.29, 0.717) is 13.1 Å². The minimum Gasteiger partial charge on any atom is -0.356 e. The maximum atomic E-state index is 12.6. The molecule has 7 heteroatoms. The summed E-state index contributed by atoms with van der Waals surface area (Å²) in [7, 11) is 0. The summed E-state index contributed by atoms with van der Waals surface area (Å²) in [5.41, 5.74) is 2.00. The van der Waals surface area contributed by atoms with Gasteiger partial charge in [0.2, 0.25) is 11.8 Å². The normalized spacial score (nSPS) is 13.3. The largest absolute Gasteiger partial charge is 0.356 e. The molecule has 0 saturated heterocycles. The molecule has 1 aromatic heterocycles. The Morgan fingerprint density at radius 3 is 2.79 bits per heavy atom. The Morgan fingerprint density at radius 1 is 1.07 bits per heavy atom. The van der Waals surface area contributed by atoms with E-state index in [-0.39, 0.29) is 24.7 Å². The molecule has 3 aromatic rings. The summed E-state index contributed by atoms with van der Waals surface area (Å²) in [4.78, 5) is 32.3. The molecule has 1 aliphatic heterocycles. The predicted octanol–water partition coefficient (Wildman–Crippen LogP) is 4.26. The van der Waals surface area contributed by atoms with Gasteiger partial charge in [-0.15, -0.1) is 23.1 Å². The number of carbonyl (C=O) groups excluding carboxylic acids is 2. The van der Waals surface area contributed by atoms with Gasteiger partial charge in [-0.1, -0.05) is 24.3 Å². The van der Waals surface area contributed by atoms with E-state index in [4.69, 9.17) is 0 Å². The minimum atomic E-state index is -0.0673. The number of para-hydroxylation sites is 2. The van der Waals surface area contributed by atoms with Crippen LogP contribution in [0.5, 0.6) is 0 Å². The second kappa shape index (κ2) is 9.41. The molecule has 1 aliphatic rings. The number of anilines is 1. The zero-order chi connectivity index (χ0) is 20.1. The summed E-state index contributed by atoms with van der Waals surface area (Å²) < 4.78 is 1.20. The molecule has 29 heavy (non-hydrogen) atoms. The smallest absolute Gasteiger partial charge is 0.227 e. The van der Waals surface area contributed by atoms with E-state index in [2.05, 4.69) is 16.4 Å². The highest BCUT2D eigenvalue weighted by Crippen LogP contribution is 2.34. The number of amides is 2. The number of fused-ring (bicyclic) bond motifs is 2. The van der Waals surface area contributed by atoms with E-state index in [1.165, 1.54) is 4.70 Å². The molecule has 0 spiro atoms. The van der Waals surface area contributed by atoms with Crippen LogP contribution in [0, 0.1) is 0 Å². The van der Waals surface area contributed by atoms with Crippen LogP contribution in [0.3, 0.4) is 0 Å². The topological polar surface area (TPSA) is 62.3 Å². The lowest BCUT2D eigenvalue weighted by Gasteiger charge is -2.29. The standard InChI is InChI=1S/C22H23N3O2S2/c26-20(23-13-5-10-21-24-16-6-1-3-8-18(16)29-21)11-12-22(27)25-14-15-28-19-9-4-2-7-17(19)25/h1-4,6-9H,5,10-15H2,(H,23,26). The third-order valence-corrected chi connectivity index (χ3v) is 6.96. The molecule has 2 aromatic carbocycles. The number of hydrogen-bond acceptors (Lipinski definition) is 5. The zero-order valence-corrected chi connectivity index (χ0v) is 17.7. The Labute approximate surface area is 178 Å². The van der Waals surface area contributed by atoms with Gasteiger partial charge in [-0.3, -0.25) is 9.59 Å². The first kappa shape index (κ1) is 19.9. The molecule has 0 aliphatic carbocycles. The van der Waals surface area contributed by atoms with Crippen molar-refractivity contribution in [2.45, 2.75) is 30.6 Å². The molecule has 0 radical (unpaired) electrons. The van der Waals surface area contributed by atoms with Gasteiger partial charge < -0.3 is 10.2 Å². The van der Waals surface area contributed by atoms with Crippen LogP contribution < -0.4 is 10.2 Å². The highest BCUT2D eigenvalue weighted by Gasteiger charge is 2.22. The fourth-order valence-electron chi connectivity index (χ4n) is 3.37. The van der Waals surface area contributed by atoms with E-state index in [1.807, 2.05) is 47.4 Å². The summed E-state index contributed by atoms with van der Waals surface area (Å²) >= 11 is 3.47. The number of thiazole rings is 1. The van der Waals surface area contributed by atoms with Gasteiger partial charge in [-0.05, 0) is 30.7 Å². The first-order valence-electron chi connectivity index (χ1n) is 9.84. The maximum Gasteiger partial charge on any atom is 0.227 e. The first-order chi connectivity index (χ1) is 14.2. The molecule has 0 fully saturated rings. The van der Waals surface area contributed by atoms with E-state index < -0.39 is 0 Å². The van der Waals surface area contributed by atoms with Gasteiger partial charge in [0.1, 0.15) is 0 Å². The lowest BCUT2D eigenvalue weighted by atomic mass is 10.2. The molecular formula is C22H23N3O2S2.